The van der Waals surface area contributed by atoms with E-state index >= 15 is 0 Å². The SMILES string of the molecule is CC(C)(C)OC(=O)NNC[C@@H]1C[C@@H](F)CN1C(=O)OC(C)(C)C. The van der Waals surface area contributed by atoms with Crippen LogP contribution < -0.4 is 10.9 Å². The van der Waals surface area contributed by atoms with Crippen molar-refractivity contribution < 1.29 is 23.5 Å². The van der Waals surface area contributed by atoms with Crippen molar-refractivity contribution in [1.82, 2.24) is 15.8 Å². The summed E-state index contributed by atoms with van der Waals surface area (Å²) in [6.07, 6.45) is -2.09. The summed E-state index contributed by atoms with van der Waals surface area (Å²) < 4.78 is 24.0. The van der Waals surface area contributed by atoms with Crippen LogP contribution >= 0.6 is 0 Å². The number of carbonyl (C=O) groups is 2. The van der Waals surface area contributed by atoms with Gasteiger partial charge in [-0.25, -0.2) is 19.4 Å². The molecule has 0 aromatic rings. The largest absolute Gasteiger partial charge is 0.444 e. The maximum absolute atomic E-state index is 13.6. The molecule has 1 heterocycles. The van der Waals surface area contributed by atoms with Crippen molar-refractivity contribution >= 4 is 12.2 Å². The van der Waals surface area contributed by atoms with Gasteiger partial charge in [-0.05, 0) is 41.5 Å². The lowest BCUT2D eigenvalue weighted by atomic mass is 10.2. The van der Waals surface area contributed by atoms with Crippen LogP contribution in [0.3, 0.4) is 0 Å². The highest BCUT2D eigenvalue weighted by Gasteiger charge is 2.37. The zero-order valence-corrected chi connectivity index (χ0v) is 14.7. The van der Waals surface area contributed by atoms with E-state index in [-0.39, 0.29) is 19.5 Å². The van der Waals surface area contributed by atoms with E-state index in [1.165, 1.54) is 4.90 Å². The van der Waals surface area contributed by atoms with Gasteiger partial charge in [-0.15, -0.1) is 0 Å². The highest BCUT2D eigenvalue weighted by molar-refractivity contribution is 5.69. The first-order valence-corrected chi connectivity index (χ1v) is 7.73. The van der Waals surface area contributed by atoms with E-state index in [1.54, 1.807) is 41.5 Å². The molecule has 7 nitrogen and oxygen atoms in total. The molecule has 0 aliphatic carbocycles. The number of ether oxygens (including phenoxy) is 2. The molecule has 0 saturated carbocycles. The van der Waals surface area contributed by atoms with Gasteiger partial charge in [0.1, 0.15) is 17.4 Å². The second-order valence-electron chi connectivity index (χ2n) is 7.63. The molecule has 0 aromatic heterocycles. The third-order valence-electron chi connectivity index (χ3n) is 2.92. The Labute approximate surface area is 136 Å². The van der Waals surface area contributed by atoms with Crippen LogP contribution in [0.15, 0.2) is 0 Å². The second-order valence-corrected chi connectivity index (χ2v) is 7.63. The van der Waals surface area contributed by atoms with E-state index in [9.17, 15) is 14.0 Å². The fourth-order valence-corrected chi connectivity index (χ4v) is 2.14. The first-order chi connectivity index (χ1) is 10.4. The highest BCUT2D eigenvalue weighted by Crippen LogP contribution is 2.22. The summed E-state index contributed by atoms with van der Waals surface area (Å²) in [6, 6.07) is -0.394. The highest BCUT2D eigenvalue weighted by atomic mass is 19.1. The second kappa shape index (κ2) is 7.33. The predicted octanol–water partition coefficient (Wildman–Crippen LogP) is 2.36. The third-order valence-corrected chi connectivity index (χ3v) is 2.92. The van der Waals surface area contributed by atoms with Gasteiger partial charge in [0.2, 0.25) is 0 Å². The van der Waals surface area contributed by atoms with Gasteiger partial charge in [0.25, 0.3) is 0 Å². The topological polar surface area (TPSA) is 79.9 Å². The van der Waals surface area contributed by atoms with Gasteiger partial charge in [0, 0.05) is 13.0 Å². The molecular weight excluding hydrogens is 305 g/mol. The van der Waals surface area contributed by atoms with Crippen LogP contribution in [0, 0.1) is 0 Å². The number of halogens is 1. The van der Waals surface area contributed by atoms with E-state index in [0.717, 1.165) is 0 Å². The lowest BCUT2D eigenvalue weighted by molar-refractivity contribution is 0.0215. The molecule has 23 heavy (non-hydrogen) atoms. The zero-order chi connectivity index (χ0) is 17.8. The Kier molecular flexibility index (Phi) is 6.21. The maximum atomic E-state index is 13.6. The molecule has 1 saturated heterocycles. The number of hydrogen-bond acceptors (Lipinski definition) is 5. The molecule has 0 bridgehead atoms. The Bertz CT molecular complexity index is 431. The number of hydrazine groups is 1. The van der Waals surface area contributed by atoms with Crippen molar-refractivity contribution in [3.63, 3.8) is 0 Å². The summed E-state index contributed by atoms with van der Waals surface area (Å²) in [6.45, 7) is 10.7. The summed E-state index contributed by atoms with van der Waals surface area (Å²) in [4.78, 5) is 25.0. The van der Waals surface area contributed by atoms with Crippen LogP contribution in [-0.4, -0.2) is 53.6 Å². The van der Waals surface area contributed by atoms with E-state index in [0.29, 0.717) is 0 Å². The van der Waals surface area contributed by atoms with Crippen molar-refractivity contribution in [1.29, 1.82) is 0 Å². The standard InChI is InChI=1S/C15H28FN3O4/c1-14(2,3)22-12(20)18-17-8-11-7-10(16)9-19(11)13(21)23-15(4,5)6/h10-11,17H,7-9H2,1-6H3,(H,18,20)/t10-,11+/m1/s1. The number of hydrogen-bond donors (Lipinski definition) is 2. The Hall–Kier alpha value is -1.57. The predicted molar refractivity (Wildman–Crippen MR) is 83.6 cm³/mol. The number of likely N-dealkylation sites (tertiary alicyclic amines) is 1. The van der Waals surface area contributed by atoms with Crippen molar-refractivity contribution in [3.05, 3.63) is 0 Å². The van der Waals surface area contributed by atoms with Crippen LogP contribution in [-0.2, 0) is 9.47 Å². The van der Waals surface area contributed by atoms with Gasteiger partial charge < -0.3 is 14.4 Å². The quantitative estimate of drug-likeness (QED) is 0.775. The maximum Gasteiger partial charge on any atom is 0.422 e. The molecule has 8 heteroatoms. The van der Waals surface area contributed by atoms with Crippen molar-refractivity contribution in [2.24, 2.45) is 0 Å². The fraction of sp³-hybridized carbons (Fsp3) is 0.867. The lowest BCUT2D eigenvalue weighted by Gasteiger charge is -2.28. The number of nitrogens with one attached hydrogen (secondary N) is 2. The van der Waals surface area contributed by atoms with Crippen LogP contribution in [0.25, 0.3) is 0 Å². The Morgan fingerprint density at radius 3 is 2.22 bits per heavy atom. The minimum Gasteiger partial charge on any atom is -0.444 e. The average molecular weight is 333 g/mol. The summed E-state index contributed by atoms with van der Waals surface area (Å²) in [7, 11) is 0. The smallest absolute Gasteiger partial charge is 0.422 e. The lowest BCUT2D eigenvalue weighted by Crippen LogP contribution is -2.49. The molecule has 134 valence electrons. The van der Waals surface area contributed by atoms with Gasteiger partial charge >= 0.3 is 12.2 Å². The van der Waals surface area contributed by atoms with E-state index in [2.05, 4.69) is 10.9 Å². The van der Waals surface area contributed by atoms with Crippen molar-refractivity contribution in [2.45, 2.75) is 71.4 Å². The summed E-state index contributed by atoms with van der Waals surface area (Å²) in [5, 5.41) is 0. The molecule has 0 radical (unpaired) electrons. The molecule has 1 aliphatic rings. The first-order valence-electron chi connectivity index (χ1n) is 7.73. The molecular formula is C15H28FN3O4. The van der Waals surface area contributed by atoms with E-state index in [4.69, 9.17) is 9.47 Å². The average Bonchev–Trinajstić information content (AvgIpc) is 2.66. The number of amides is 2. The van der Waals surface area contributed by atoms with Crippen molar-refractivity contribution in [3.8, 4) is 0 Å². The van der Waals surface area contributed by atoms with Gasteiger partial charge in [0.15, 0.2) is 0 Å². The normalized spacial score (nSPS) is 22.0. The molecule has 0 spiro atoms. The molecule has 1 rings (SSSR count). The first kappa shape index (κ1) is 19.5. The fourth-order valence-electron chi connectivity index (χ4n) is 2.14. The minimum atomic E-state index is -1.10. The van der Waals surface area contributed by atoms with E-state index < -0.39 is 35.6 Å². The summed E-state index contributed by atoms with van der Waals surface area (Å²) in [5.41, 5.74) is 3.81. The third kappa shape index (κ3) is 7.49. The summed E-state index contributed by atoms with van der Waals surface area (Å²) >= 11 is 0. The summed E-state index contributed by atoms with van der Waals surface area (Å²) in [5.74, 6) is 0. The van der Waals surface area contributed by atoms with Gasteiger partial charge in [-0.1, -0.05) is 0 Å². The van der Waals surface area contributed by atoms with Gasteiger partial charge in [-0.3, -0.25) is 5.43 Å². The zero-order valence-electron chi connectivity index (χ0n) is 14.7. The number of nitrogens with zero attached hydrogens (tertiary/aromatic N) is 1. The Morgan fingerprint density at radius 2 is 1.70 bits per heavy atom. The molecule has 2 N–H and O–H groups in total. The van der Waals surface area contributed by atoms with E-state index in [1.807, 2.05) is 0 Å². The molecule has 1 fully saturated rings. The Morgan fingerprint density at radius 1 is 1.13 bits per heavy atom. The number of rotatable bonds is 3. The Balaban J connectivity index is 2.47. The van der Waals surface area contributed by atoms with Crippen LogP contribution in [0.5, 0.6) is 0 Å². The number of carbonyl (C=O) groups excluding carboxylic acids is 2. The minimum absolute atomic E-state index is 0.00625. The molecule has 2 atom stereocenters. The number of alkyl halides is 1. The molecule has 1 aliphatic heterocycles. The molecule has 2 amide bonds. The van der Waals surface area contributed by atoms with Gasteiger partial charge in [-0.2, -0.15) is 0 Å². The van der Waals surface area contributed by atoms with Crippen LogP contribution in [0.1, 0.15) is 48.0 Å². The molecule has 0 aromatic carbocycles. The monoisotopic (exact) mass is 333 g/mol. The van der Waals surface area contributed by atoms with Crippen molar-refractivity contribution in [2.75, 3.05) is 13.1 Å². The van der Waals surface area contributed by atoms with Gasteiger partial charge in [0.05, 0.1) is 12.6 Å². The van der Waals surface area contributed by atoms with Crippen LogP contribution in [0.4, 0.5) is 14.0 Å². The molecule has 0 unspecified atom stereocenters. The van der Waals surface area contributed by atoms with Crippen LogP contribution in [0.2, 0.25) is 0 Å².